The lowest BCUT2D eigenvalue weighted by Crippen LogP contribution is -2.23. The number of methoxy groups -OCH3 is 1. The van der Waals surface area contributed by atoms with Gasteiger partial charge in [0.15, 0.2) is 0 Å². The summed E-state index contributed by atoms with van der Waals surface area (Å²) >= 11 is 0. The highest BCUT2D eigenvalue weighted by atomic mass is 16.5. The van der Waals surface area contributed by atoms with Crippen LogP contribution in [0.25, 0.3) is 0 Å². The van der Waals surface area contributed by atoms with Crippen LogP contribution in [0.3, 0.4) is 0 Å². The summed E-state index contributed by atoms with van der Waals surface area (Å²) in [5.41, 5.74) is 0. The van der Waals surface area contributed by atoms with Crippen LogP contribution >= 0.6 is 0 Å². The van der Waals surface area contributed by atoms with E-state index in [-0.39, 0.29) is 6.35 Å². The zero-order valence-electron chi connectivity index (χ0n) is 4.22. The lowest BCUT2D eigenvalue weighted by atomic mass is 10.8. The Morgan fingerprint density at radius 3 is 3.14 bits per heavy atom. The van der Waals surface area contributed by atoms with E-state index in [1.165, 1.54) is 0 Å². The molecule has 0 aromatic heterocycles. The molecule has 1 rings (SSSR count). The molecule has 0 radical (unpaired) electrons. The molecule has 0 aromatic carbocycles. The predicted molar refractivity (Wildman–Crippen MR) is 27.3 cm³/mol. The Hall–Kier alpha value is -0.410. The Morgan fingerprint density at radius 2 is 2.86 bits per heavy atom. The molecule has 0 amide bonds. The summed E-state index contributed by atoms with van der Waals surface area (Å²) in [6.07, 6.45) is 1.72. The van der Waals surface area contributed by atoms with Crippen molar-refractivity contribution in [2.75, 3.05) is 13.7 Å². The first-order valence-electron chi connectivity index (χ1n) is 2.21. The molecule has 0 fully saturated rings. The lowest BCUT2D eigenvalue weighted by Gasteiger charge is -2.01. The standard InChI is InChI=1S/C4H8N2O/c1-7-4-5-2-3-6-4/h2,4,6H,3H2,1H3. The van der Waals surface area contributed by atoms with Gasteiger partial charge in [0.2, 0.25) is 6.35 Å². The quantitative estimate of drug-likeness (QED) is 0.486. The van der Waals surface area contributed by atoms with Gasteiger partial charge in [-0.05, 0) is 0 Å². The van der Waals surface area contributed by atoms with Crippen molar-refractivity contribution in [2.24, 2.45) is 4.99 Å². The van der Waals surface area contributed by atoms with E-state index in [4.69, 9.17) is 4.74 Å². The molecule has 1 aliphatic rings. The summed E-state index contributed by atoms with van der Waals surface area (Å²) in [5, 5.41) is 2.96. The van der Waals surface area contributed by atoms with E-state index in [1.54, 1.807) is 13.3 Å². The first kappa shape index (κ1) is 4.74. The molecule has 3 nitrogen and oxygen atoms in total. The van der Waals surface area contributed by atoms with Crippen molar-refractivity contribution in [3.8, 4) is 0 Å². The zero-order valence-corrected chi connectivity index (χ0v) is 4.22. The third kappa shape index (κ3) is 0.976. The number of rotatable bonds is 1. The Balaban J connectivity index is 2.28. The van der Waals surface area contributed by atoms with Gasteiger partial charge < -0.3 is 4.74 Å². The highest BCUT2D eigenvalue weighted by Gasteiger charge is 2.03. The van der Waals surface area contributed by atoms with Gasteiger partial charge in [-0.3, -0.25) is 10.3 Å². The van der Waals surface area contributed by atoms with Gasteiger partial charge in [-0.2, -0.15) is 0 Å². The van der Waals surface area contributed by atoms with E-state index in [1.807, 2.05) is 0 Å². The Bertz CT molecular complexity index is 81.8. The molecule has 1 atom stereocenters. The molecule has 0 bridgehead atoms. The summed E-state index contributed by atoms with van der Waals surface area (Å²) in [7, 11) is 1.63. The molecule has 0 spiro atoms. The first-order valence-corrected chi connectivity index (χ1v) is 2.21. The summed E-state index contributed by atoms with van der Waals surface area (Å²) in [6.45, 7) is 0.832. The summed E-state index contributed by atoms with van der Waals surface area (Å²) in [6, 6.07) is 0. The number of aliphatic imine (C=N–C) groups is 1. The average Bonchev–Trinajstić information content (AvgIpc) is 2.14. The van der Waals surface area contributed by atoms with Gasteiger partial charge in [0.1, 0.15) is 0 Å². The van der Waals surface area contributed by atoms with Crippen molar-refractivity contribution in [3.05, 3.63) is 0 Å². The molecule has 1 unspecified atom stereocenters. The minimum Gasteiger partial charge on any atom is -0.347 e. The molecule has 1 heterocycles. The van der Waals surface area contributed by atoms with Gasteiger partial charge in [0, 0.05) is 19.9 Å². The van der Waals surface area contributed by atoms with Crippen molar-refractivity contribution in [2.45, 2.75) is 6.35 Å². The number of ether oxygens (including phenoxy) is 1. The van der Waals surface area contributed by atoms with Crippen LogP contribution in [0.15, 0.2) is 4.99 Å². The molecule has 40 valence electrons. The molecule has 1 aliphatic heterocycles. The monoisotopic (exact) mass is 100 g/mol. The zero-order chi connectivity index (χ0) is 5.11. The Morgan fingerprint density at radius 1 is 2.00 bits per heavy atom. The minimum atomic E-state index is -0.0833. The summed E-state index contributed by atoms with van der Waals surface area (Å²) in [5.74, 6) is 0. The number of nitrogens with zero attached hydrogens (tertiary/aromatic N) is 1. The summed E-state index contributed by atoms with van der Waals surface area (Å²) in [4.78, 5) is 3.90. The Kier molecular flexibility index (Phi) is 1.38. The third-order valence-corrected chi connectivity index (χ3v) is 0.848. The van der Waals surface area contributed by atoms with Gasteiger partial charge in [-0.1, -0.05) is 0 Å². The molecule has 1 N–H and O–H groups in total. The minimum absolute atomic E-state index is 0.0833. The maximum Gasteiger partial charge on any atom is 0.203 e. The number of hydrogen-bond donors (Lipinski definition) is 1. The topological polar surface area (TPSA) is 33.6 Å². The Labute approximate surface area is 42.4 Å². The van der Waals surface area contributed by atoms with Crippen LogP contribution in [0.5, 0.6) is 0 Å². The molecule has 7 heavy (non-hydrogen) atoms. The van der Waals surface area contributed by atoms with E-state index < -0.39 is 0 Å². The number of nitrogens with one attached hydrogen (secondary N) is 1. The normalized spacial score (nSPS) is 29.0. The molecular formula is C4H8N2O. The van der Waals surface area contributed by atoms with Crippen molar-refractivity contribution >= 4 is 6.21 Å². The molecular weight excluding hydrogens is 92.1 g/mol. The van der Waals surface area contributed by atoms with Crippen LogP contribution in [0.2, 0.25) is 0 Å². The molecule has 3 heteroatoms. The molecule has 0 saturated heterocycles. The van der Waals surface area contributed by atoms with Gasteiger partial charge in [-0.15, -0.1) is 0 Å². The van der Waals surface area contributed by atoms with Crippen molar-refractivity contribution in [1.82, 2.24) is 5.32 Å². The summed E-state index contributed by atoms with van der Waals surface area (Å²) < 4.78 is 4.80. The van der Waals surface area contributed by atoms with E-state index in [0.29, 0.717) is 0 Å². The maximum atomic E-state index is 4.80. The second kappa shape index (κ2) is 2.04. The second-order valence-corrected chi connectivity index (χ2v) is 1.33. The van der Waals surface area contributed by atoms with Crippen LogP contribution in [0.1, 0.15) is 0 Å². The van der Waals surface area contributed by atoms with Gasteiger partial charge >= 0.3 is 0 Å². The van der Waals surface area contributed by atoms with Crippen molar-refractivity contribution in [3.63, 3.8) is 0 Å². The predicted octanol–water partition coefficient (Wildman–Crippen LogP) is -0.410. The third-order valence-electron chi connectivity index (χ3n) is 0.848. The van der Waals surface area contributed by atoms with E-state index in [2.05, 4.69) is 10.3 Å². The van der Waals surface area contributed by atoms with Crippen molar-refractivity contribution < 1.29 is 4.74 Å². The van der Waals surface area contributed by atoms with Crippen LogP contribution in [-0.4, -0.2) is 26.2 Å². The molecule has 0 aliphatic carbocycles. The SMILES string of the molecule is COC1N=CCN1. The van der Waals surface area contributed by atoms with Crippen LogP contribution in [-0.2, 0) is 4.74 Å². The van der Waals surface area contributed by atoms with E-state index in [0.717, 1.165) is 6.54 Å². The lowest BCUT2D eigenvalue weighted by molar-refractivity contribution is 0.0934. The van der Waals surface area contributed by atoms with Gasteiger partial charge in [-0.25, -0.2) is 0 Å². The van der Waals surface area contributed by atoms with E-state index >= 15 is 0 Å². The fourth-order valence-electron chi connectivity index (χ4n) is 0.499. The smallest absolute Gasteiger partial charge is 0.203 e. The first-order chi connectivity index (χ1) is 3.43. The van der Waals surface area contributed by atoms with Crippen LogP contribution in [0.4, 0.5) is 0 Å². The second-order valence-electron chi connectivity index (χ2n) is 1.33. The largest absolute Gasteiger partial charge is 0.347 e. The fraction of sp³-hybridized carbons (Fsp3) is 0.750. The molecule has 0 saturated carbocycles. The van der Waals surface area contributed by atoms with Crippen molar-refractivity contribution in [1.29, 1.82) is 0 Å². The molecule has 0 aromatic rings. The van der Waals surface area contributed by atoms with E-state index in [9.17, 15) is 0 Å². The van der Waals surface area contributed by atoms with Gasteiger partial charge in [0.25, 0.3) is 0 Å². The van der Waals surface area contributed by atoms with Gasteiger partial charge in [0.05, 0.1) is 0 Å². The fourth-order valence-corrected chi connectivity index (χ4v) is 0.499. The number of hydrogen-bond acceptors (Lipinski definition) is 3. The van der Waals surface area contributed by atoms with Crippen LogP contribution < -0.4 is 5.32 Å². The van der Waals surface area contributed by atoms with Crippen LogP contribution in [0, 0.1) is 0 Å². The average molecular weight is 100 g/mol. The maximum absolute atomic E-state index is 4.80. The highest BCUT2D eigenvalue weighted by molar-refractivity contribution is 5.61. The highest BCUT2D eigenvalue weighted by Crippen LogP contribution is 1.88.